The SMILES string of the molecule is Cc1nc(C(=O)Cc2cc3cc(-c4cncn4C)ccc3cn2)co1. The molecule has 0 aliphatic carbocycles. The number of carbonyl (C=O) groups excluding carboxylic acids is 1. The molecule has 6 heteroatoms. The van der Waals surface area contributed by atoms with Crippen molar-refractivity contribution >= 4 is 16.6 Å². The number of Topliss-reactive ketones (excluding diaryl/α,β-unsaturated/α-hetero) is 1. The fourth-order valence-electron chi connectivity index (χ4n) is 2.82. The molecule has 0 fully saturated rings. The summed E-state index contributed by atoms with van der Waals surface area (Å²) in [5, 5.41) is 2.06. The largest absolute Gasteiger partial charge is 0.449 e. The third-order valence-electron chi connectivity index (χ3n) is 4.14. The summed E-state index contributed by atoms with van der Waals surface area (Å²) in [4.78, 5) is 24.9. The number of hydrogen-bond donors (Lipinski definition) is 0. The van der Waals surface area contributed by atoms with E-state index in [9.17, 15) is 4.79 Å². The zero-order chi connectivity index (χ0) is 17.4. The van der Waals surface area contributed by atoms with Gasteiger partial charge < -0.3 is 8.98 Å². The summed E-state index contributed by atoms with van der Waals surface area (Å²) in [7, 11) is 1.96. The Hall–Kier alpha value is -3.28. The minimum atomic E-state index is -0.105. The van der Waals surface area contributed by atoms with Crippen LogP contribution in [0.2, 0.25) is 0 Å². The van der Waals surface area contributed by atoms with Crippen molar-refractivity contribution in [2.75, 3.05) is 0 Å². The van der Waals surface area contributed by atoms with Crippen molar-refractivity contribution < 1.29 is 9.21 Å². The molecular formula is C19H16N4O2. The van der Waals surface area contributed by atoms with Crippen LogP contribution in [-0.4, -0.2) is 25.3 Å². The molecule has 4 rings (SSSR count). The first-order valence-corrected chi connectivity index (χ1v) is 7.91. The number of aromatic nitrogens is 4. The topological polar surface area (TPSA) is 73.8 Å². The molecule has 0 spiro atoms. The van der Waals surface area contributed by atoms with Gasteiger partial charge in [-0.2, -0.15) is 0 Å². The first-order chi connectivity index (χ1) is 12.1. The first kappa shape index (κ1) is 15.3. The standard InChI is InChI=1S/C19H16N4O2/c1-12-22-17(10-25-12)19(24)7-16-6-15-5-13(3-4-14(15)8-21-16)18-9-20-11-23(18)2/h3-6,8-11H,7H2,1-2H3. The van der Waals surface area contributed by atoms with Gasteiger partial charge in [-0.25, -0.2) is 9.97 Å². The van der Waals surface area contributed by atoms with E-state index in [1.54, 1.807) is 19.4 Å². The van der Waals surface area contributed by atoms with E-state index in [0.29, 0.717) is 17.3 Å². The Morgan fingerprint density at radius 2 is 2.08 bits per heavy atom. The van der Waals surface area contributed by atoms with Gasteiger partial charge in [0, 0.05) is 36.8 Å². The van der Waals surface area contributed by atoms with Crippen molar-refractivity contribution in [1.29, 1.82) is 0 Å². The maximum absolute atomic E-state index is 12.3. The molecule has 0 aliphatic heterocycles. The van der Waals surface area contributed by atoms with Crippen LogP contribution in [0, 0.1) is 6.92 Å². The summed E-state index contributed by atoms with van der Waals surface area (Å²) >= 11 is 0. The third-order valence-corrected chi connectivity index (χ3v) is 4.14. The molecule has 4 aromatic rings. The molecule has 1 aromatic carbocycles. The molecule has 6 nitrogen and oxygen atoms in total. The number of carbonyl (C=O) groups is 1. The van der Waals surface area contributed by atoms with Crippen molar-refractivity contribution in [2.45, 2.75) is 13.3 Å². The fourth-order valence-corrected chi connectivity index (χ4v) is 2.82. The number of fused-ring (bicyclic) bond motifs is 1. The highest BCUT2D eigenvalue weighted by atomic mass is 16.3. The van der Waals surface area contributed by atoms with Gasteiger partial charge in [-0.1, -0.05) is 12.1 Å². The first-order valence-electron chi connectivity index (χ1n) is 7.91. The van der Waals surface area contributed by atoms with Crippen LogP contribution in [0.4, 0.5) is 0 Å². The second-order valence-electron chi connectivity index (χ2n) is 5.98. The second kappa shape index (κ2) is 5.98. The minimum Gasteiger partial charge on any atom is -0.449 e. The number of pyridine rings is 1. The lowest BCUT2D eigenvalue weighted by molar-refractivity contribution is 0.0987. The zero-order valence-corrected chi connectivity index (χ0v) is 13.9. The van der Waals surface area contributed by atoms with Gasteiger partial charge in [0.1, 0.15) is 12.0 Å². The van der Waals surface area contributed by atoms with Gasteiger partial charge in [0.25, 0.3) is 0 Å². The smallest absolute Gasteiger partial charge is 0.191 e. The Balaban J connectivity index is 1.67. The van der Waals surface area contributed by atoms with Gasteiger partial charge in [0.15, 0.2) is 11.7 Å². The molecule has 124 valence electrons. The number of ketones is 1. The van der Waals surface area contributed by atoms with E-state index in [0.717, 1.165) is 22.0 Å². The van der Waals surface area contributed by atoms with Crippen molar-refractivity contribution in [1.82, 2.24) is 19.5 Å². The molecule has 0 N–H and O–H groups in total. The van der Waals surface area contributed by atoms with Crippen LogP contribution in [0.25, 0.3) is 22.0 Å². The summed E-state index contributed by atoms with van der Waals surface area (Å²) in [6, 6.07) is 8.10. The molecular weight excluding hydrogens is 316 g/mol. The normalized spacial score (nSPS) is 11.1. The van der Waals surface area contributed by atoms with Crippen molar-refractivity contribution in [2.24, 2.45) is 7.05 Å². The van der Waals surface area contributed by atoms with E-state index in [-0.39, 0.29) is 12.2 Å². The molecule has 0 saturated carbocycles. The number of oxazole rings is 1. The average Bonchev–Trinajstić information content (AvgIpc) is 3.22. The Morgan fingerprint density at radius 1 is 1.20 bits per heavy atom. The molecule has 0 aliphatic rings. The molecule has 0 amide bonds. The van der Waals surface area contributed by atoms with Gasteiger partial charge in [0.2, 0.25) is 0 Å². The van der Waals surface area contributed by atoms with Crippen LogP contribution < -0.4 is 0 Å². The number of nitrogens with zero attached hydrogens (tertiary/aromatic N) is 4. The van der Waals surface area contributed by atoms with Gasteiger partial charge >= 0.3 is 0 Å². The van der Waals surface area contributed by atoms with E-state index < -0.39 is 0 Å². The van der Waals surface area contributed by atoms with E-state index in [2.05, 4.69) is 21.0 Å². The highest BCUT2D eigenvalue weighted by Gasteiger charge is 2.13. The van der Waals surface area contributed by atoms with Crippen molar-refractivity contribution in [3.8, 4) is 11.3 Å². The fraction of sp³-hybridized carbons (Fsp3) is 0.158. The van der Waals surface area contributed by atoms with Crippen molar-refractivity contribution in [3.05, 3.63) is 66.5 Å². The predicted molar refractivity (Wildman–Crippen MR) is 93.2 cm³/mol. The van der Waals surface area contributed by atoms with Gasteiger partial charge in [-0.05, 0) is 17.5 Å². The second-order valence-corrected chi connectivity index (χ2v) is 5.98. The van der Waals surface area contributed by atoms with Gasteiger partial charge in [-0.15, -0.1) is 0 Å². The quantitative estimate of drug-likeness (QED) is 0.536. The Bertz CT molecular complexity index is 1080. The summed E-state index contributed by atoms with van der Waals surface area (Å²) in [6.07, 6.45) is 6.98. The summed E-state index contributed by atoms with van der Waals surface area (Å²) in [6.45, 7) is 1.71. The molecule has 3 aromatic heterocycles. The summed E-state index contributed by atoms with van der Waals surface area (Å²) in [5.41, 5.74) is 3.15. The maximum Gasteiger partial charge on any atom is 0.191 e. The lowest BCUT2D eigenvalue weighted by Gasteiger charge is -2.06. The summed E-state index contributed by atoms with van der Waals surface area (Å²) in [5.74, 6) is 0.377. The molecule has 25 heavy (non-hydrogen) atoms. The zero-order valence-electron chi connectivity index (χ0n) is 13.9. The minimum absolute atomic E-state index is 0.105. The lowest BCUT2D eigenvalue weighted by atomic mass is 10.0. The number of hydrogen-bond acceptors (Lipinski definition) is 5. The van der Waals surface area contributed by atoms with Crippen LogP contribution in [-0.2, 0) is 13.5 Å². The number of rotatable bonds is 4. The van der Waals surface area contributed by atoms with Gasteiger partial charge in [0.05, 0.1) is 24.6 Å². The molecule has 0 unspecified atom stereocenters. The molecule has 3 heterocycles. The van der Waals surface area contributed by atoms with E-state index in [1.807, 2.05) is 36.0 Å². The van der Waals surface area contributed by atoms with E-state index >= 15 is 0 Å². The monoisotopic (exact) mass is 332 g/mol. The highest BCUT2D eigenvalue weighted by molar-refractivity contribution is 5.96. The maximum atomic E-state index is 12.3. The van der Waals surface area contributed by atoms with Crippen LogP contribution in [0.3, 0.4) is 0 Å². The molecule has 0 atom stereocenters. The van der Waals surface area contributed by atoms with Crippen LogP contribution in [0.1, 0.15) is 22.1 Å². The summed E-state index contributed by atoms with van der Waals surface area (Å²) < 4.78 is 7.07. The third kappa shape index (κ3) is 2.94. The predicted octanol–water partition coefficient (Wildman–Crippen LogP) is 3.36. The van der Waals surface area contributed by atoms with Crippen molar-refractivity contribution in [3.63, 3.8) is 0 Å². The van der Waals surface area contributed by atoms with Crippen LogP contribution >= 0.6 is 0 Å². The van der Waals surface area contributed by atoms with E-state index in [1.165, 1.54) is 6.26 Å². The Morgan fingerprint density at radius 3 is 2.80 bits per heavy atom. The lowest BCUT2D eigenvalue weighted by Crippen LogP contribution is -2.05. The molecule has 0 saturated heterocycles. The highest BCUT2D eigenvalue weighted by Crippen LogP contribution is 2.24. The van der Waals surface area contributed by atoms with Crippen LogP contribution in [0.15, 0.2) is 53.7 Å². The van der Waals surface area contributed by atoms with E-state index in [4.69, 9.17) is 4.42 Å². The van der Waals surface area contributed by atoms with Gasteiger partial charge in [-0.3, -0.25) is 9.78 Å². The molecule has 0 bridgehead atoms. The molecule has 0 radical (unpaired) electrons. The Labute approximate surface area is 144 Å². The Kier molecular flexibility index (Phi) is 3.65. The number of benzene rings is 1. The number of imidazole rings is 1. The van der Waals surface area contributed by atoms with Crippen LogP contribution in [0.5, 0.6) is 0 Å². The number of aryl methyl sites for hydroxylation is 2. The average molecular weight is 332 g/mol.